The lowest BCUT2D eigenvalue weighted by atomic mass is 9.70. The van der Waals surface area contributed by atoms with E-state index in [9.17, 15) is 19.4 Å². The first-order chi connectivity index (χ1) is 13.7. The number of benzene rings is 2. The summed E-state index contributed by atoms with van der Waals surface area (Å²) in [5.74, 6) is -2.82. The molecule has 1 saturated carbocycles. The van der Waals surface area contributed by atoms with Gasteiger partial charge in [0.2, 0.25) is 0 Å². The number of hydrogen-bond acceptors (Lipinski definition) is 2. The molecule has 3 aromatic rings. The van der Waals surface area contributed by atoms with Gasteiger partial charge in [-0.3, -0.25) is 4.79 Å². The topological polar surface area (TPSA) is 62.5 Å². The van der Waals surface area contributed by atoms with E-state index in [1.54, 1.807) is 25.1 Å². The molecule has 0 saturated heterocycles. The molecule has 1 aliphatic carbocycles. The maximum absolute atomic E-state index is 15.1. The van der Waals surface area contributed by atoms with Gasteiger partial charge in [0.25, 0.3) is 0 Å². The van der Waals surface area contributed by atoms with Crippen LogP contribution in [0, 0.1) is 24.5 Å². The summed E-state index contributed by atoms with van der Waals surface area (Å²) in [4.78, 5) is 11.3. The second-order valence-corrected chi connectivity index (χ2v) is 8.22. The van der Waals surface area contributed by atoms with Gasteiger partial charge in [0.05, 0.1) is 11.4 Å². The Morgan fingerprint density at radius 1 is 1.17 bits per heavy atom. The third-order valence-corrected chi connectivity index (χ3v) is 5.97. The Morgan fingerprint density at radius 3 is 2.45 bits per heavy atom. The van der Waals surface area contributed by atoms with E-state index < -0.39 is 23.5 Å². The molecule has 1 fully saturated rings. The zero-order valence-electron chi connectivity index (χ0n) is 16.5. The normalized spacial score (nSPS) is 19.0. The molecule has 6 heteroatoms. The molecule has 0 aliphatic heterocycles. The minimum Gasteiger partial charge on any atom is -0.505 e. The molecule has 0 bridgehead atoms. The third-order valence-electron chi connectivity index (χ3n) is 5.97. The number of carboxylic acid groups (broad SMARTS) is 1. The van der Waals surface area contributed by atoms with Crippen LogP contribution in [0.1, 0.15) is 55.3 Å². The first-order valence-electron chi connectivity index (χ1n) is 9.75. The zero-order chi connectivity index (χ0) is 21.0. The van der Waals surface area contributed by atoms with Crippen molar-refractivity contribution >= 4 is 16.9 Å². The van der Waals surface area contributed by atoms with Crippen LogP contribution in [-0.4, -0.2) is 20.7 Å². The quantitative estimate of drug-likeness (QED) is 0.598. The third kappa shape index (κ3) is 2.98. The molecule has 4 rings (SSSR count). The van der Waals surface area contributed by atoms with Gasteiger partial charge in [-0.1, -0.05) is 13.8 Å². The first kappa shape index (κ1) is 19.4. The van der Waals surface area contributed by atoms with Gasteiger partial charge in [-0.25, -0.2) is 8.78 Å². The summed E-state index contributed by atoms with van der Waals surface area (Å²) < 4.78 is 30.9. The van der Waals surface area contributed by atoms with Crippen molar-refractivity contribution in [3.63, 3.8) is 0 Å². The number of rotatable bonds is 4. The highest BCUT2D eigenvalue weighted by Crippen LogP contribution is 2.50. The maximum Gasteiger partial charge on any atom is 0.306 e. The second-order valence-electron chi connectivity index (χ2n) is 8.22. The fraction of sp³-hybridized carbons (Fsp3) is 0.348. The molecule has 4 nitrogen and oxygen atoms in total. The standard InChI is InChI=1S/C23H23F2NO3/c1-11(2)22-19(13-9-14(10-13)23(28)29)20-17(6-7-18(27)21(20)25)26(22)15-4-5-16(24)12(3)8-15/h4-8,11,13-14,27H,9-10H2,1-3H3,(H,28,29)/t13-,14-. The highest BCUT2D eigenvalue weighted by atomic mass is 19.1. The van der Waals surface area contributed by atoms with Crippen molar-refractivity contribution < 1.29 is 23.8 Å². The summed E-state index contributed by atoms with van der Waals surface area (Å²) in [6.45, 7) is 5.67. The van der Waals surface area contributed by atoms with Crippen LogP contribution in [0.5, 0.6) is 5.75 Å². The van der Waals surface area contributed by atoms with E-state index in [1.807, 2.05) is 18.4 Å². The number of phenols is 1. The molecule has 0 unspecified atom stereocenters. The fourth-order valence-corrected chi connectivity index (χ4v) is 4.46. The van der Waals surface area contributed by atoms with E-state index >= 15 is 4.39 Å². The molecule has 29 heavy (non-hydrogen) atoms. The van der Waals surface area contributed by atoms with E-state index in [2.05, 4.69) is 0 Å². The van der Waals surface area contributed by atoms with Gasteiger partial charge in [0.1, 0.15) is 5.82 Å². The van der Waals surface area contributed by atoms with E-state index in [0.717, 1.165) is 11.3 Å². The molecule has 152 valence electrons. The van der Waals surface area contributed by atoms with E-state index in [1.165, 1.54) is 12.1 Å². The minimum atomic E-state index is -0.839. The Balaban J connectivity index is 2.03. The van der Waals surface area contributed by atoms with Gasteiger partial charge < -0.3 is 14.8 Å². The molecular formula is C23H23F2NO3. The molecule has 2 aromatic carbocycles. The molecule has 2 N–H and O–H groups in total. The number of hydrogen-bond donors (Lipinski definition) is 2. The number of aromatic hydroxyl groups is 1. The summed E-state index contributed by atoms with van der Waals surface area (Å²) >= 11 is 0. The number of phenolic OH excluding ortho intramolecular Hbond substituents is 1. The first-order valence-corrected chi connectivity index (χ1v) is 9.75. The van der Waals surface area contributed by atoms with Crippen molar-refractivity contribution in [2.45, 2.75) is 45.4 Å². The van der Waals surface area contributed by atoms with Crippen LogP contribution in [0.4, 0.5) is 8.78 Å². The second kappa shape index (κ2) is 6.87. The number of aromatic nitrogens is 1. The van der Waals surface area contributed by atoms with Gasteiger partial charge in [0, 0.05) is 16.8 Å². The molecule has 0 radical (unpaired) electrons. The Bertz CT molecular complexity index is 1130. The molecular weight excluding hydrogens is 376 g/mol. The Hall–Kier alpha value is -2.89. The van der Waals surface area contributed by atoms with Gasteiger partial charge in [-0.2, -0.15) is 0 Å². The monoisotopic (exact) mass is 399 g/mol. The number of aryl methyl sites for hydroxylation is 1. The van der Waals surface area contributed by atoms with Gasteiger partial charge in [0.15, 0.2) is 11.6 Å². The van der Waals surface area contributed by atoms with E-state index in [-0.39, 0.29) is 17.7 Å². The predicted molar refractivity (Wildman–Crippen MR) is 107 cm³/mol. The minimum absolute atomic E-state index is 0.00757. The molecule has 0 spiro atoms. The average Bonchev–Trinajstić information content (AvgIpc) is 2.95. The summed E-state index contributed by atoms with van der Waals surface area (Å²) in [7, 11) is 0. The highest BCUT2D eigenvalue weighted by Gasteiger charge is 2.40. The van der Waals surface area contributed by atoms with Crippen molar-refractivity contribution in [3.8, 4) is 11.4 Å². The Kier molecular flexibility index (Phi) is 4.60. The van der Waals surface area contributed by atoms with Gasteiger partial charge >= 0.3 is 5.97 Å². The van der Waals surface area contributed by atoms with Gasteiger partial charge in [-0.15, -0.1) is 0 Å². The number of fused-ring (bicyclic) bond motifs is 1. The van der Waals surface area contributed by atoms with Crippen LogP contribution in [0.2, 0.25) is 0 Å². The van der Waals surface area contributed by atoms with Crippen LogP contribution >= 0.6 is 0 Å². The number of carbonyl (C=O) groups is 1. The van der Waals surface area contributed by atoms with Crippen LogP contribution < -0.4 is 0 Å². The molecule has 1 aliphatic rings. The zero-order valence-corrected chi connectivity index (χ0v) is 16.5. The van der Waals surface area contributed by atoms with Gasteiger partial charge in [-0.05, 0) is 73.1 Å². The Morgan fingerprint density at radius 2 is 1.86 bits per heavy atom. The van der Waals surface area contributed by atoms with Crippen LogP contribution in [0.3, 0.4) is 0 Å². The van der Waals surface area contributed by atoms with E-state index in [0.29, 0.717) is 35.0 Å². The highest BCUT2D eigenvalue weighted by molar-refractivity contribution is 5.90. The lowest BCUT2D eigenvalue weighted by Gasteiger charge is -2.34. The summed E-state index contributed by atoms with van der Waals surface area (Å²) in [6.07, 6.45) is 0.872. The number of aliphatic carboxylic acids is 1. The largest absolute Gasteiger partial charge is 0.505 e. The predicted octanol–water partition coefficient (Wildman–Crippen LogP) is 5.62. The Labute approximate surface area is 167 Å². The lowest BCUT2D eigenvalue weighted by Crippen LogP contribution is -2.29. The number of carboxylic acids is 1. The van der Waals surface area contributed by atoms with Crippen LogP contribution in [-0.2, 0) is 4.79 Å². The van der Waals surface area contributed by atoms with Crippen molar-refractivity contribution in [2.24, 2.45) is 5.92 Å². The van der Waals surface area contributed by atoms with Crippen molar-refractivity contribution in [3.05, 3.63) is 58.8 Å². The summed E-state index contributed by atoms with van der Waals surface area (Å²) in [5, 5.41) is 19.6. The number of halogens is 2. The molecule has 1 heterocycles. The number of nitrogens with zero attached hydrogens (tertiary/aromatic N) is 1. The molecule has 0 amide bonds. The van der Waals surface area contributed by atoms with Crippen LogP contribution in [0.15, 0.2) is 30.3 Å². The molecule has 0 atom stereocenters. The van der Waals surface area contributed by atoms with Crippen molar-refractivity contribution in [1.82, 2.24) is 4.57 Å². The van der Waals surface area contributed by atoms with Crippen molar-refractivity contribution in [1.29, 1.82) is 0 Å². The SMILES string of the molecule is Cc1cc(-n2c(C(C)C)c([C@H]3C[C@H](C(=O)O)C3)c3c(F)c(O)ccc32)ccc1F. The van der Waals surface area contributed by atoms with Crippen LogP contribution in [0.25, 0.3) is 16.6 Å². The lowest BCUT2D eigenvalue weighted by molar-refractivity contribution is -0.145. The summed E-state index contributed by atoms with van der Waals surface area (Å²) in [6, 6.07) is 7.74. The maximum atomic E-state index is 15.1. The summed E-state index contributed by atoms with van der Waals surface area (Å²) in [5.41, 5.74) is 3.40. The smallest absolute Gasteiger partial charge is 0.306 e. The van der Waals surface area contributed by atoms with Crippen molar-refractivity contribution in [2.75, 3.05) is 0 Å². The van der Waals surface area contributed by atoms with E-state index in [4.69, 9.17) is 0 Å². The fourth-order valence-electron chi connectivity index (χ4n) is 4.46. The molecule has 1 aromatic heterocycles. The average molecular weight is 399 g/mol.